The van der Waals surface area contributed by atoms with E-state index < -0.39 is 0 Å². The molecule has 2 rings (SSSR count). The van der Waals surface area contributed by atoms with Gasteiger partial charge in [-0.3, -0.25) is 4.90 Å². The van der Waals surface area contributed by atoms with Crippen molar-refractivity contribution in [1.29, 1.82) is 0 Å². The van der Waals surface area contributed by atoms with Crippen LogP contribution in [-0.2, 0) is 13.0 Å². The van der Waals surface area contributed by atoms with Crippen LogP contribution < -0.4 is 0 Å². The maximum Gasteiger partial charge on any atom is 0.240 e. The molecule has 19 heavy (non-hydrogen) atoms. The Hall–Kier alpha value is -0.940. The lowest BCUT2D eigenvalue weighted by molar-refractivity contribution is 0.0969. The van der Waals surface area contributed by atoms with E-state index in [0.29, 0.717) is 17.9 Å². The van der Waals surface area contributed by atoms with Crippen LogP contribution in [0.2, 0.25) is 0 Å². The highest BCUT2D eigenvalue weighted by Gasteiger charge is 2.26. The molecule has 0 unspecified atom stereocenters. The molecule has 1 fully saturated rings. The molecule has 0 radical (unpaired) electrons. The summed E-state index contributed by atoms with van der Waals surface area (Å²) >= 11 is 0. The number of hydrogen-bond donors (Lipinski definition) is 1. The lowest BCUT2D eigenvalue weighted by atomic mass is 9.91. The van der Waals surface area contributed by atoms with E-state index in [9.17, 15) is 0 Å². The predicted molar refractivity (Wildman–Crippen MR) is 72.6 cm³/mol. The molecule has 0 atom stereocenters. The molecule has 0 aliphatic heterocycles. The standard InChI is InChI=1S/C14H25N3O2/c1-11(2)9-13-15-14(19-16-13)10-17(7-4-8-18)12-5-3-6-12/h11-12,18H,3-10H2,1-2H3. The molecule has 1 aliphatic carbocycles. The van der Waals surface area contributed by atoms with Gasteiger partial charge in [0.2, 0.25) is 5.89 Å². The molecule has 0 spiro atoms. The fourth-order valence-electron chi connectivity index (χ4n) is 2.39. The zero-order valence-corrected chi connectivity index (χ0v) is 12.0. The Morgan fingerprint density at radius 3 is 2.79 bits per heavy atom. The van der Waals surface area contributed by atoms with Crippen molar-refractivity contribution in [1.82, 2.24) is 15.0 Å². The summed E-state index contributed by atoms with van der Waals surface area (Å²) in [5, 5.41) is 13.0. The van der Waals surface area contributed by atoms with E-state index in [4.69, 9.17) is 9.63 Å². The summed E-state index contributed by atoms with van der Waals surface area (Å²) in [5.41, 5.74) is 0. The summed E-state index contributed by atoms with van der Waals surface area (Å²) in [5.74, 6) is 2.06. The van der Waals surface area contributed by atoms with Crippen LogP contribution in [0.1, 0.15) is 51.2 Å². The monoisotopic (exact) mass is 267 g/mol. The molecule has 0 saturated heterocycles. The molecule has 1 aliphatic rings. The average molecular weight is 267 g/mol. The zero-order valence-electron chi connectivity index (χ0n) is 12.0. The van der Waals surface area contributed by atoms with Gasteiger partial charge in [-0.25, -0.2) is 0 Å². The summed E-state index contributed by atoms with van der Waals surface area (Å²) < 4.78 is 5.33. The molecule has 0 bridgehead atoms. The molecule has 0 aromatic carbocycles. The van der Waals surface area contributed by atoms with Gasteiger partial charge >= 0.3 is 0 Å². The van der Waals surface area contributed by atoms with Crippen LogP contribution in [0.15, 0.2) is 4.52 Å². The van der Waals surface area contributed by atoms with Crippen molar-refractivity contribution in [3.63, 3.8) is 0 Å². The SMILES string of the molecule is CC(C)Cc1noc(CN(CCCO)C2CCC2)n1. The molecular formula is C14H25N3O2. The van der Waals surface area contributed by atoms with Crippen molar-refractivity contribution in [2.45, 2.75) is 58.5 Å². The second-order valence-electron chi connectivity index (χ2n) is 5.83. The van der Waals surface area contributed by atoms with Crippen LogP contribution in [0.25, 0.3) is 0 Å². The molecule has 5 heteroatoms. The Morgan fingerprint density at radius 1 is 1.42 bits per heavy atom. The number of nitrogens with zero attached hydrogens (tertiary/aromatic N) is 3. The van der Waals surface area contributed by atoms with Crippen molar-refractivity contribution in [2.75, 3.05) is 13.2 Å². The molecule has 0 amide bonds. The quantitative estimate of drug-likeness (QED) is 0.780. The van der Waals surface area contributed by atoms with Crippen molar-refractivity contribution >= 4 is 0 Å². The van der Waals surface area contributed by atoms with E-state index in [1.165, 1.54) is 19.3 Å². The van der Waals surface area contributed by atoms with Gasteiger partial charge in [-0.05, 0) is 25.2 Å². The first-order valence-corrected chi connectivity index (χ1v) is 7.35. The largest absolute Gasteiger partial charge is 0.396 e. The molecule has 1 aromatic rings. The molecule has 1 aromatic heterocycles. The van der Waals surface area contributed by atoms with Crippen LogP contribution >= 0.6 is 0 Å². The smallest absolute Gasteiger partial charge is 0.240 e. The highest BCUT2D eigenvalue weighted by Crippen LogP contribution is 2.26. The first-order valence-electron chi connectivity index (χ1n) is 7.35. The maximum absolute atomic E-state index is 8.98. The van der Waals surface area contributed by atoms with Gasteiger partial charge in [0.05, 0.1) is 6.54 Å². The van der Waals surface area contributed by atoms with E-state index in [0.717, 1.165) is 31.8 Å². The van der Waals surface area contributed by atoms with Gasteiger partial charge < -0.3 is 9.63 Å². The van der Waals surface area contributed by atoms with Gasteiger partial charge in [-0.1, -0.05) is 25.4 Å². The first kappa shape index (κ1) is 14.5. The molecule has 1 heterocycles. The topological polar surface area (TPSA) is 62.4 Å². The summed E-state index contributed by atoms with van der Waals surface area (Å²) in [4.78, 5) is 6.82. The maximum atomic E-state index is 8.98. The van der Waals surface area contributed by atoms with Crippen LogP contribution in [0.5, 0.6) is 0 Å². The first-order chi connectivity index (χ1) is 9.19. The predicted octanol–water partition coefficient (Wildman–Crippen LogP) is 2.00. The van der Waals surface area contributed by atoms with Crippen LogP contribution in [0, 0.1) is 5.92 Å². The molecule has 1 N–H and O–H groups in total. The van der Waals surface area contributed by atoms with E-state index >= 15 is 0 Å². The van der Waals surface area contributed by atoms with Gasteiger partial charge in [-0.2, -0.15) is 4.98 Å². The van der Waals surface area contributed by atoms with Gasteiger partial charge in [0.25, 0.3) is 0 Å². The molecule has 1 saturated carbocycles. The molecular weight excluding hydrogens is 242 g/mol. The van der Waals surface area contributed by atoms with E-state index in [2.05, 4.69) is 28.9 Å². The number of rotatable bonds is 8. The Kier molecular flexibility index (Phi) is 5.34. The second kappa shape index (κ2) is 7.01. The van der Waals surface area contributed by atoms with Gasteiger partial charge in [0.1, 0.15) is 0 Å². The van der Waals surface area contributed by atoms with Crippen molar-refractivity contribution in [3.05, 3.63) is 11.7 Å². The Bertz CT molecular complexity index is 375. The summed E-state index contributed by atoms with van der Waals surface area (Å²) in [6.07, 6.45) is 5.48. The summed E-state index contributed by atoms with van der Waals surface area (Å²) in [7, 11) is 0. The van der Waals surface area contributed by atoms with E-state index in [1.807, 2.05) is 0 Å². The zero-order chi connectivity index (χ0) is 13.7. The number of aliphatic hydroxyl groups is 1. The number of aromatic nitrogens is 2. The fourth-order valence-corrected chi connectivity index (χ4v) is 2.39. The van der Waals surface area contributed by atoms with Gasteiger partial charge in [0.15, 0.2) is 5.82 Å². The normalized spacial score (nSPS) is 16.3. The fraction of sp³-hybridized carbons (Fsp3) is 0.857. The molecule has 108 valence electrons. The number of aliphatic hydroxyl groups excluding tert-OH is 1. The second-order valence-corrected chi connectivity index (χ2v) is 5.83. The lowest BCUT2D eigenvalue weighted by Gasteiger charge is -2.36. The summed E-state index contributed by atoms with van der Waals surface area (Å²) in [6, 6.07) is 0.631. The molecule has 5 nitrogen and oxygen atoms in total. The third kappa shape index (κ3) is 4.28. The Morgan fingerprint density at radius 2 is 2.21 bits per heavy atom. The van der Waals surface area contributed by atoms with Crippen molar-refractivity contribution in [2.24, 2.45) is 5.92 Å². The third-order valence-corrected chi connectivity index (χ3v) is 3.63. The third-order valence-electron chi connectivity index (χ3n) is 3.63. The van der Waals surface area contributed by atoms with Gasteiger partial charge in [0, 0.05) is 25.6 Å². The minimum atomic E-state index is 0.242. The van der Waals surface area contributed by atoms with Crippen LogP contribution in [0.4, 0.5) is 0 Å². The number of hydrogen-bond acceptors (Lipinski definition) is 5. The van der Waals surface area contributed by atoms with Crippen molar-refractivity contribution in [3.8, 4) is 0 Å². The Labute approximate surface area is 115 Å². The highest BCUT2D eigenvalue weighted by atomic mass is 16.5. The van der Waals surface area contributed by atoms with Gasteiger partial charge in [-0.15, -0.1) is 0 Å². The average Bonchev–Trinajstić information content (AvgIpc) is 2.70. The lowest BCUT2D eigenvalue weighted by Crippen LogP contribution is -2.40. The minimum absolute atomic E-state index is 0.242. The van der Waals surface area contributed by atoms with E-state index in [-0.39, 0.29) is 6.61 Å². The van der Waals surface area contributed by atoms with Crippen LogP contribution in [-0.4, -0.2) is 39.3 Å². The highest BCUT2D eigenvalue weighted by molar-refractivity contribution is 4.90. The van der Waals surface area contributed by atoms with Crippen LogP contribution in [0.3, 0.4) is 0 Å². The minimum Gasteiger partial charge on any atom is -0.396 e. The van der Waals surface area contributed by atoms with E-state index in [1.54, 1.807) is 0 Å². The van der Waals surface area contributed by atoms with Crippen molar-refractivity contribution < 1.29 is 9.63 Å². The summed E-state index contributed by atoms with van der Waals surface area (Å²) in [6.45, 7) is 6.17. The Balaban J connectivity index is 1.90.